The maximum absolute atomic E-state index is 12.0. The molecule has 5 heteroatoms. The number of pyridine rings is 1. The molecule has 4 nitrogen and oxygen atoms in total. The lowest BCUT2D eigenvalue weighted by Crippen LogP contribution is -2.22. The van der Waals surface area contributed by atoms with Gasteiger partial charge in [-0.25, -0.2) is 4.98 Å². The monoisotopic (exact) mass is 276 g/mol. The number of amides is 1. The molecule has 1 aromatic heterocycles. The Bertz CT molecular complexity index is 573. The third kappa shape index (κ3) is 3.69. The fraction of sp³-hybridized carbons (Fsp3) is 0.143. The van der Waals surface area contributed by atoms with Gasteiger partial charge in [-0.2, -0.15) is 0 Å². The fourth-order valence-electron chi connectivity index (χ4n) is 1.59. The number of carbonyl (C=O) groups is 1. The normalized spacial score (nSPS) is 10.0. The highest BCUT2D eigenvalue weighted by Gasteiger charge is 2.09. The molecule has 0 aliphatic rings. The van der Waals surface area contributed by atoms with Crippen LogP contribution in [0.5, 0.6) is 5.88 Å². The third-order valence-corrected chi connectivity index (χ3v) is 2.73. The van der Waals surface area contributed by atoms with E-state index in [0.717, 1.165) is 5.56 Å². The molecule has 0 aliphatic carbocycles. The van der Waals surface area contributed by atoms with Gasteiger partial charge in [-0.3, -0.25) is 4.79 Å². The lowest BCUT2D eigenvalue weighted by atomic mass is 10.2. The predicted molar refractivity (Wildman–Crippen MR) is 73.4 cm³/mol. The first-order chi connectivity index (χ1) is 9.19. The van der Waals surface area contributed by atoms with E-state index in [-0.39, 0.29) is 11.1 Å². The number of ether oxygens (including phenoxy) is 1. The Hall–Kier alpha value is -2.07. The molecule has 0 saturated heterocycles. The van der Waals surface area contributed by atoms with Gasteiger partial charge in [0.15, 0.2) is 0 Å². The van der Waals surface area contributed by atoms with Gasteiger partial charge in [0.25, 0.3) is 5.91 Å². The Morgan fingerprint density at radius 3 is 2.74 bits per heavy atom. The molecule has 0 unspecified atom stereocenters. The van der Waals surface area contributed by atoms with Crippen LogP contribution in [-0.2, 0) is 6.54 Å². The number of aromatic nitrogens is 1. The molecule has 1 aromatic carbocycles. The van der Waals surface area contributed by atoms with E-state index in [1.807, 2.05) is 30.3 Å². The number of halogens is 1. The van der Waals surface area contributed by atoms with Crippen LogP contribution in [0.1, 0.15) is 15.9 Å². The minimum Gasteiger partial charge on any atom is -0.481 e. The number of benzene rings is 1. The quantitative estimate of drug-likeness (QED) is 0.874. The van der Waals surface area contributed by atoms with E-state index in [4.69, 9.17) is 16.3 Å². The van der Waals surface area contributed by atoms with E-state index < -0.39 is 0 Å². The molecule has 0 bridgehead atoms. The maximum Gasteiger partial charge on any atom is 0.251 e. The summed E-state index contributed by atoms with van der Waals surface area (Å²) in [4.78, 5) is 15.9. The smallest absolute Gasteiger partial charge is 0.251 e. The summed E-state index contributed by atoms with van der Waals surface area (Å²) in [7, 11) is 1.48. The summed E-state index contributed by atoms with van der Waals surface area (Å²) in [6.07, 6.45) is 0. The Kier molecular flexibility index (Phi) is 4.36. The highest BCUT2D eigenvalue weighted by atomic mass is 35.5. The summed E-state index contributed by atoms with van der Waals surface area (Å²) in [5.74, 6) is 0.101. The van der Waals surface area contributed by atoms with Crippen LogP contribution in [0.4, 0.5) is 0 Å². The lowest BCUT2D eigenvalue weighted by molar-refractivity contribution is 0.0950. The Morgan fingerprint density at radius 2 is 2.05 bits per heavy atom. The van der Waals surface area contributed by atoms with Gasteiger partial charge < -0.3 is 10.1 Å². The molecule has 1 N–H and O–H groups in total. The van der Waals surface area contributed by atoms with E-state index in [2.05, 4.69) is 10.3 Å². The van der Waals surface area contributed by atoms with Crippen molar-refractivity contribution in [3.8, 4) is 5.88 Å². The molecule has 1 heterocycles. The van der Waals surface area contributed by atoms with Crippen LogP contribution in [0.3, 0.4) is 0 Å². The summed E-state index contributed by atoms with van der Waals surface area (Å²) < 4.78 is 4.97. The van der Waals surface area contributed by atoms with Crippen molar-refractivity contribution in [2.75, 3.05) is 7.11 Å². The molecular formula is C14H13ClN2O2. The van der Waals surface area contributed by atoms with Crippen molar-refractivity contribution in [1.29, 1.82) is 0 Å². The summed E-state index contributed by atoms with van der Waals surface area (Å²) >= 11 is 5.82. The van der Waals surface area contributed by atoms with Crippen molar-refractivity contribution in [2.45, 2.75) is 6.54 Å². The third-order valence-electron chi connectivity index (χ3n) is 2.54. The average Bonchev–Trinajstić information content (AvgIpc) is 2.45. The van der Waals surface area contributed by atoms with E-state index in [9.17, 15) is 4.79 Å². The number of carbonyl (C=O) groups excluding carboxylic acids is 1. The predicted octanol–water partition coefficient (Wildman–Crippen LogP) is 2.67. The SMILES string of the molecule is COc1cc(C(=O)NCc2ccccc2)cc(Cl)n1. The van der Waals surface area contributed by atoms with Crippen LogP contribution in [0.25, 0.3) is 0 Å². The first kappa shape index (κ1) is 13.4. The topological polar surface area (TPSA) is 51.2 Å². The zero-order valence-electron chi connectivity index (χ0n) is 10.4. The van der Waals surface area contributed by atoms with Crippen LogP contribution in [-0.4, -0.2) is 18.0 Å². The first-order valence-corrected chi connectivity index (χ1v) is 6.10. The zero-order chi connectivity index (χ0) is 13.7. The number of rotatable bonds is 4. The number of nitrogens with one attached hydrogen (secondary N) is 1. The molecule has 0 saturated carbocycles. The highest BCUT2D eigenvalue weighted by molar-refractivity contribution is 6.29. The zero-order valence-corrected chi connectivity index (χ0v) is 11.1. The average molecular weight is 277 g/mol. The van der Waals surface area contributed by atoms with Crippen LogP contribution in [0.15, 0.2) is 42.5 Å². The Morgan fingerprint density at radius 1 is 1.32 bits per heavy atom. The molecule has 98 valence electrons. The maximum atomic E-state index is 12.0. The van der Waals surface area contributed by atoms with Crippen molar-refractivity contribution in [2.24, 2.45) is 0 Å². The summed E-state index contributed by atoms with van der Waals surface area (Å²) in [5.41, 5.74) is 1.45. The Balaban J connectivity index is 2.06. The highest BCUT2D eigenvalue weighted by Crippen LogP contribution is 2.16. The van der Waals surface area contributed by atoms with Crippen molar-refractivity contribution in [3.63, 3.8) is 0 Å². The van der Waals surface area contributed by atoms with Gasteiger partial charge in [-0.15, -0.1) is 0 Å². The largest absolute Gasteiger partial charge is 0.481 e. The van der Waals surface area contributed by atoms with Crippen LogP contribution >= 0.6 is 11.6 Å². The number of hydrogen-bond acceptors (Lipinski definition) is 3. The molecule has 1 amide bonds. The molecule has 0 atom stereocenters. The first-order valence-electron chi connectivity index (χ1n) is 5.73. The van der Waals surface area contributed by atoms with Gasteiger partial charge in [0.05, 0.1) is 7.11 Å². The molecule has 2 aromatic rings. The standard InChI is InChI=1S/C14H13ClN2O2/c1-19-13-8-11(7-12(15)17-13)14(18)16-9-10-5-3-2-4-6-10/h2-8H,9H2,1H3,(H,16,18). The van der Waals surface area contributed by atoms with Gasteiger partial charge in [0.2, 0.25) is 5.88 Å². The van der Waals surface area contributed by atoms with Crippen molar-refractivity contribution < 1.29 is 9.53 Å². The molecule has 0 fully saturated rings. The van der Waals surface area contributed by atoms with Crippen LogP contribution in [0.2, 0.25) is 5.15 Å². The summed E-state index contributed by atoms with van der Waals surface area (Å²) in [6.45, 7) is 0.460. The van der Waals surface area contributed by atoms with Crippen molar-refractivity contribution in [3.05, 3.63) is 58.7 Å². The summed E-state index contributed by atoms with van der Waals surface area (Å²) in [5, 5.41) is 3.04. The molecule has 0 spiro atoms. The van der Waals surface area contributed by atoms with E-state index in [1.165, 1.54) is 13.2 Å². The molecule has 0 aliphatic heterocycles. The van der Waals surface area contributed by atoms with Crippen molar-refractivity contribution >= 4 is 17.5 Å². The minimum atomic E-state index is -0.216. The molecular weight excluding hydrogens is 264 g/mol. The van der Waals surface area contributed by atoms with Gasteiger partial charge in [-0.05, 0) is 11.6 Å². The van der Waals surface area contributed by atoms with E-state index in [0.29, 0.717) is 18.0 Å². The van der Waals surface area contributed by atoms with Gasteiger partial charge in [0, 0.05) is 18.2 Å². The van der Waals surface area contributed by atoms with E-state index in [1.54, 1.807) is 6.07 Å². The lowest BCUT2D eigenvalue weighted by Gasteiger charge is -2.07. The molecule has 2 rings (SSSR count). The number of nitrogens with zero attached hydrogens (tertiary/aromatic N) is 1. The van der Waals surface area contributed by atoms with Crippen LogP contribution < -0.4 is 10.1 Å². The van der Waals surface area contributed by atoms with Gasteiger partial charge >= 0.3 is 0 Å². The number of methoxy groups -OCH3 is 1. The van der Waals surface area contributed by atoms with E-state index >= 15 is 0 Å². The van der Waals surface area contributed by atoms with Gasteiger partial charge in [0.1, 0.15) is 5.15 Å². The molecule has 0 radical (unpaired) electrons. The Labute approximate surface area is 116 Å². The van der Waals surface area contributed by atoms with Crippen molar-refractivity contribution in [1.82, 2.24) is 10.3 Å². The second-order valence-corrected chi connectivity index (χ2v) is 4.28. The second kappa shape index (κ2) is 6.20. The molecule has 19 heavy (non-hydrogen) atoms. The fourth-order valence-corrected chi connectivity index (χ4v) is 1.79. The van der Waals surface area contributed by atoms with Crippen LogP contribution in [0, 0.1) is 0 Å². The summed E-state index contributed by atoms with van der Waals surface area (Å²) in [6, 6.07) is 12.7. The number of hydrogen-bond donors (Lipinski definition) is 1. The second-order valence-electron chi connectivity index (χ2n) is 3.89. The minimum absolute atomic E-state index is 0.216. The van der Waals surface area contributed by atoms with Gasteiger partial charge in [-0.1, -0.05) is 41.9 Å².